The van der Waals surface area contributed by atoms with Crippen LogP contribution in [0.5, 0.6) is 5.75 Å². The lowest BCUT2D eigenvalue weighted by atomic mass is 9.86. The average molecular weight is 515 g/mol. The van der Waals surface area contributed by atoms with Crippen molar-refractivity contribution in [2.24, 2.45) is 0 Å². The highest BCUT2D eigenvalue weighted by Crippen LogP contribution is 2.31. The first kappa shape index (κ1) is 29.0. The normalized spacial score (nSPS) is 12.0. The molecule has 5 heteroatoms. The molecule has 0 aliphatic rings. The van der Waals surface area contributed by atoms with E-state index in [1.165, 1.54) is 0 Å². The number of carbonyl (C=O) groups is 2. The van der Waals surface area contributed by atoms with Crippen molar-refractivity contribution in [1.82, 2.24) is 10.2 Å². The van der Waals surface area contributed by atoms with Crippen LogP contribution in [0.4, 0.5) is 0 Å². The molecule has 3 rings (SSSR count). The molecule has 202 valence electrons. The molecular formula is C33H42N2O3. The number of benzene rings is 3. The molecule has 3 aromatic rings. The second-order valence-electron chi connectivity index (χ2n) is 10.9. The van der Waals surface area contributed by atoms with E-state index in [0.717, 1.165) is 35.1 Å². The zero-order valence-electron chi connectivity index (χ0n) is 23.5. The number of carbonyl (C=O) groups excluding carboxylic acids is 2. The minimum atomic E-state index is -0.663. The Labute approximate surface area is 228 Å². The number of hydrogen-bond donors (Lipinski definition) is 1. The summed E-state index contributed by atoms with van der Waals surface area (Å²) in [5, 5.41) is 3.07. The van der Waals surface area contributed by atoms with Gasteiger partial charge >= 0.3 is 0 Å². The number of unbranched alkanes of at least 4 members (excludes halogenated alkanes) is 1. The highest BCUT2D eigenvalue weighted by Gasteiger charge is 2.31. The smallest absolute Gasteiger partial charge is 0.261 e. The van der Waals surface area contributed by atoms with Gasteiger partial charge in [0.1, 0.15) is 11.8 Å². The standard InChI is InChI=1S/C33H42N2O3/c1-6-7-20-34-32(37)29(22-26-15-9-8-10-16-26)35(23-27-17-13-14-25(2)21-27)31(36)24-38-30-19-12-11-18-28(30)33(3,4)5/h8-19,21,29H,6-7,20,22-24H2,1-5H3,(H,34,37)/t29-/m1/s1. The molecule has 2 amide bonds. The molecule has 0 aliphatic carbocycles. The zero-order valence-corrected chi connectivity index (χ0v) is 23.5. The van der Waals surface area contributed by atoms with Crippen LogP contribution in [0.2, 0.25) is 0 Å². The van der Waals surface area contributed by atoms with Gasteiger partial charge in [-0.2, -0.15) is 0 Å². The average Bonchev–Trinajstić information content (AvgIpc) is 2.89. The van der Waals surface area contributed by atoms with Crippen molar-refractivity contribution in [2.45, 2.75) is 71.9 Å². The van der Waals surface area contributed by atoms with Gasteiger partial charge in [-0.05, 0) is 41.5 Å². The summed E-state index contributed by atoms with van der Waals surface area (Å²) in [6.07, 6.45) is 2.30. The summed E-state index contributed by atoms with van der Waals surface area (Å²) in [6.45, 7) is 11.3. The van der Waals surface area contributed by atoms with Gasteiger partial charge in [0.25, 0.3) is 5.91 Å². The van der Waals surface area contributed by atoms with Crippen LogP contribution in [-0.4, -0.2) is 35.9 Å². The number of nitrogens with one attached hydrogen (secondary N) is 1. The molecule has 1 atom stereocenters. The van der Waals surface area contributed by atoms with Crippen LogP contribution in [0.25, 0.3) is 0 Å². The fourth-order valence-electron chi connectivity index (χ4n) is 4.50. The van der Waals surface area contributed by atoms with Gasteiger partial charge in [-0.15, -0.1) is 0 Å². The van der Waals surface area contributed by atoms with Gasteiger partial charge in [-0.1, -0.05) is 112 Å². The molecule has 0 aromatic heterocycles. The largest absolute Gasteiger partial charge is 0.483 e. The first-order valence-electron chi connectivity index (χ1n) is 13.6. The van der Waals surface area contributed by atoms with Gasteiger partial charge in [0.05, 0.1) is 0 Å². The molecule has 0 radical (unpaired) electrons. The first-order chi connectivity index (χ1) is 18.2. The maximum Gasteiger partial charge on any atom is 0.261 e. The minimum absolute atomic E-state index is 0.129. The number of aryl methyl sites for hydroxylation is 1. The van der Waals surface area contributed by atoms with Crippen molar-refractivity contribution in [3.05, 3.63) is 101 Å². The summed E-state index contributed by atoms with van der Waals surface area (Å²) in [4.78, 5) is 29.1. The monoisotopic (exact) mass is 514 g/mol. The molecule has 0 bridgehead atoms. The molecule has 0 unspecified atom stereocenters. The quantitative estimate of drug-likeness (QED) is 0.292. The van der Waals surface area contributed by atoms with E-state index in [9.17, 15) is 9.59 Å². The van der Waals surface area contributed by atoms with E-state index in [1.807, 2.05) is 79.7 Å². The predicted octanol–water partition coefficient (Wildman–Crippen LogP) is 6.23. The summed E-state index contributed by atoms with van der Waals surface area (Å²) in [5.74, 6) is 0.330. The van der Waals surface area contributed by atoms with Crippen LogP contribution in [0.15, 0.2) is 78.9 Å². The molecule has 0 aliphatic heterocycles. The summed E-state index contributed by atoms with van der Waals surface area (Å²) in [6, 6.07) is 25.1. The summed E-state index contributed by atoms with van der Waals surface area (Å²) < 4.78 is 6.12. The number of nitrogens with zero attached hydrogens (tertiary/aromatic N) is 1. The lowest BCUT2D eigenvalue weighted by molar-refractivity contribution is -0.142. The van der Waals surface area contributed by atoms with Crippen molar-refractivity contribution in [3.63, 3.8) is 0 Å². The van der Waals surface area contributed by atoms with Crippen LogP contribution in [0, 0.1) is 6.92 Å². The number of rotatable bonds is 12. The van der Waals surface area contributed by atoms with E-state index >= 15 is 0 Å². The molecule has 0 fully saturated rings. The Morgan fingerprint density at radius 1 is 0.921 bits per heavy atom. The van der Waals surface area contributed by atoms with E-state index in [-0.39, 0.29) is 23.8 Å². The van der Waals surface area contributed by atoms with Crippen molar-refractivity contribution >= 4 is 11.8 Å². The summed E-state index contributed by atoms with van der Waals surface area (Å²) >= 11 is 0. The van der Waals surface area contributed by atoms with E-state index in [1.54, 1.807) is 4.90 Å². The predicted molar refractivity (Wildman–Crippen MR) is 154 cm³/mol. The Bertz CT molecular complexity index is 1180. The molecule has 0 saturated carbocycles. The Kier molecular flexibility index (Phi) is 10.5. The number of ether oxygens (including phenoxy) is 1. The molecule has 0 heterocycles. The van der Waals surface area contributed by atoms with Crippen molar-refractivity contribution < 1.29 is 14.3 Å². The van der Waals surface area contributed by atoms with Gasteiger partial charge < -0.3 is 15.0 Å². The van der Waals surface area contributed by atoms with Gasteiger partial charge in [0.2, 0.25) is 5.91 Å². The second kappa shape index (κ2) is 13.8. The molecule has 0 saturated heterocycles. The third-order valence-corrected chi connectivity index (χ3v) is 6.58. The lowest BCUT2D eigenvalue weighted by Crippen LogP contribution is -2.51. The van der Waals surface area contributed by atoms with E-state index < -0.39 is 6.04 Å². The van der Waals surface area contributed by atoms with E-state index in [4.69, 9.17) is 4.74 Å². The maximum absolute atomic E-state index is 13.9. The van der Waals surface area contributed by atoms with E-state index in [0.29, 0.717) is 25.3 Å². The third kappa shape index (κ3) is 8.47. The molecule has 3 aromatic carbocycles. The third-order valence-electron chi connectivity index (χ3n) is 6.58. The number of amides is 2. The topological polar surface area (TPSA) is 58.6 Å². The van der Waals surface area contributed by atoms with Gasteiger partial charge in [0, 0.05) is 19.5 Å². The molecule has 5 nitrogen and oxygen atoms in total. The van der Waals surface area contributed by atoms with Crippen LogP contribution in [-0.2, 0) is 28.0 Å². The molecule has 38 heavy (non-hydrogen) atoms. The highest BCUT2D eigenvalue weighted by molar-refractivity contribution is 5.88. The SMILES string of the molecule is CCCCNC(=O)[C@@H](Cc1ccccc1)N(Cc1cccc(C)c1)C(=O)COc1ccccc1C(C)(C)C. The second-order valence-corrected chi connectivity index (χ2v) is 10.9. The number of hydrogen-bond acceptors (Lipinski definition) is 3. The summed E-state index contributed by atoms with van der Waals surface area (Å²) in [5.41, 5.74) is 4.00. The van der Waals surface area contributed by atoms with Gasteiger partial charge in [-0.3, -0.25) is 9.59 Å². The van der Waals surface area contributed by atoms with Crippen LogP contribution >= 0.6 is 0 Å². The zero-order chi connectivity index (χ0) is 27.5. The first-order valence-corrected chi connectivity index (χ1v) is 13.6. The van der Waals surface area contributed by atoms with Crippen molar-refractivity contribution in [1.29, 1.82) is 0 Å². The van der Waals surface area contributed by atoms with Gasteiger partial charge in [0.15, 0.2) is 6.61 Å². The molecular weight excluding hydrogens is 472 g/mol. The van der Waals surface area contributed by atoms with Crippen LogP contribution in [0.1, 0.15) is 62.8 Å². The van der Waals surface area contributed by atoms with Crippen molar-refractivity contribution in [2.75, 3.05) is 13.2 Å². The Morgan fingerprint density at radius 3 is 2.29 bits per heavy atom. The minimum Gasteiger partial charge on any atom is -0.483 e. The molecule has 1 N–H and O–H groups in total. The summed E-state index contributed by atoms with van der Waals surface area (Å²) in [7, 11) is 0. The van der Waals surface area contributed by atoms with Crippen molar-refractivity contribution in [3.8, 4) is 5.75 Å². The van der Waals surface area contributed by atoms with Gasteiger partial charge in [-0.25, -0.2) is 0 Å². The fraction of sp³-hybridized carbons (Fsp3) is 0.394. The highest BCUT2D eigenvalue weighted by atomic mass is 16.5. The number of para-hydroxylation sites is 1. The fourth-order valence-corrected chi connectivity index (χ4v) is 4.50. The van der Waals surface area contributed by atoms with Crippen LogP contribution < -0.4 is 10.1 Å². The maximum atomic E-state index is 13.9. The Hall–Kier alpha value is -3.60. The van der Waals surface area contributed by atoms with Crippen LogP contribution in [0.3, 0.4) is 0 Å². The molecule has 0 spiro atoms. The van der Waals surface area contributed by atoms with E-state index in [2.05, 4.69) is 39.1 Å². The Balaban J connectivity index is 1.92. The Morgan fingerprint density at radius 2 is 1.61 bits per heavy atom. The lowest BCUT2D eigenvalue weighted by Gasteiger charge is -2.32.